The van der Waals surface area contributed by atoms with E-state index in [2.05, 4.69) is 15.3 Å². The lowest BCUT2D eigenvalue weighted by molar-refractivity contribution is 0.397. The van der Waals surface area contributed by atoms with Crippen LogP contribution in [0.1, 0.15) is 11.1 Å². The Morgan fingerprint density at radius 2 is 2.26 bits per heavy atom. The average Bonchev–Trinajstić information content (AvgIpc) is 2.45. The predicted molar refractivity (Wildman–Crippen MR) is 72.1 cm³/mol. The second-order valence-corrected chi connectivity index (χ2v) is 4.13. The molecule has 0 aliphatic carbocycles. The van der Waals surface area contributed by atoms with Crippen molar-refractivity contribution in [2.75, 3.05) is 12.4 Å². The molecule has 5 nitrogen and oxygen atoms in total. The van der Waals surface area contributed by atoms with Crippen LogP contribution in [0.4, 0.5) is 5.82 Å². The highest BCUT2D eigenvalue weighted by Gasteiger charge is 2.01. The molecule has 0 aliphatic rings. The molecule has 0 unspecified atom stereocenters. The number of nitriles is 1. The van der Waals surface area contributed by atoms with Crippen molar-refractivity contribution in [1.29, 1.82) is 5.26 Å². The second kappa shape index (κ2) is 6.03. The van der Waals surface area contributed by atoms with Crippen LogP contribution in [0.25, 0.3) is 0 Å². The minimum absolute atomic E-state index is 0.286. The summed E-state index contributed by atoms with van der Waals surface area (Å²) in [5.41, 5.74) is 1.44. The first kappa shape index (κ1) is 13.1. The van der Waals surface area contributed by atoms with Crippen LogP contribution < -0.4 is 10.1 Å². The number of hydrogen-bond acceptors (Lipinski definition) is 5. The number of hydrogen-bond donors (Lipinski definition) is 1. The lowest BCUT2D eigenvalue weighted by atomic mass is 10.2. The smallest absolute Gasteiger partial charge is 0.212 e. The summed E-state index contributed by atoms with van der Waals surface area (Å²) in [6.07, 6.45) is 1.71. The molecule has 2 rings (SSSR count). The molecule has 6 heteroatoms. The number of anilines is 1. The van der Waals surface area contributed by atoms with Crippen molar-refractivity contribution in [3.63, 3.8) is 0 Å². The Labute approximate surface area is 115 Å². The van der Waals surface area contributed by atoms with E-state index in [4.69, 9.17) is 21.6 Å². The fourth-order valence-corrected chi connectivity index (χ4v) is 1.69. The largest absolute Gasteiger partial charge is 0.481 e. The Hall–Kier alpha value is -2.32. The molecule has 2 aromatic rings. The Morgan fingerprint density at radius 3 is 2.89 bits per heavy atom. The molecule has 0 aliphatic heterocycles. The number of pyridine rings is 2. The Kier molecular flexibility index (Phi) is 4.16. The van der Waals surface area contributed by atoms with Crippen LogP contribution in [0.5, 0.6) is 5.88 Å². The summed E-state index contributed by atoms with van der Waals surface area (Å²) in [6, 6.07) is 8.86. The van der Waals surface area contributed by atoms with Crippen LogP contribution in [-0.2, 0) is 6.54 Å². The van der Waals surface area contributed by atoms with Crippen molar-refractivity contribution in [2.24, 2.45) is 0 Å². The molecule has 1 N–H and O–H groups in total. The van der Waals surface area contributed by atoms with Crippen LogP contribution in [0.3, 0.4) is 0 Å². The van der Waals surface area contributed by atoms with Gasteiger partial charge >= 0.3 is 0 Å². The third kappa shape index (κ3) is 3.57. The summed E-state index contributed by atoms with van der Waals surface area (Å²) >= 11 is 5.82. The minimum atomic E-state index is 0.286. The number of nitrogens with one attached hydrogen (secondary N) is 1. The van der Waals surface area contributed by atoms with E-state index in [1.165, 1.54) is 6.07 Å². The normalized spacial score (nSPS) is 9.74. The van der Waals surface area contributed by atoms with Crippen molar-refractivity contribution >= 4 is 17.4 Å². The molecule has 0 aromatic carbocycles. The fourth-order valence-electron chi connectivity index (χ4n) is 1.48. The van der Waals surface area contributed by atoms with Gasteiger partial charge in [-0.25, -0.2) is 9.97 Å². The Bertz CT molecular complexity index is 607. The Morgan fingerprint density at radius 1 is 1.42 bits per heavy atom. The fraction of sp³-hybridized carbons (Fsp3) is 0.154. The first-order valence-electron chi connectivity index (χ1n) is 5.52. The summed E-state index contributed by atoms with van der Waals surface area (Å²) in [7, 11) is 1.57. The third-order valence-electron chi connectivity index (χ3n) is 2.40. The van der Waals surface area contributed by atoms with E-state index >= 15 is 0 Å². The number of ether oxygens (including phenoxy) is 1. The first-order valence-corrected chi connectivity index (χ1v) is 5.89. The molecule has 0 amide bonds. The van der Waals surface area contributed by atoms with Crippen LogP contribution in [-0.4, -0.2) is 17.1 Å². The van der Waals surface area contributed by atoms with Crippen molar-refractivity contribution in [2.45, 2.75) is 6.54 Å². The standard InChI is InChI=1S/C13H11ClN4O/c1-19-13-3-2-9(8-17-13)7-16-12-5-10(6-15)4-11(14)18-12/h2-5,8H,7H2,1H3,(H,16,18). The highest BCUT2D eigenvalue weighted by molar-refractivity contribution is 6.29. The van der Waals surface area contributed by atoms with Crippen LogP contribution in [0.2, 0.25) is 5.15 Å². The van der Waals surface area contributed by atoms with Crippen LogP contribution >= 0.6 is 11.6 Å². The van der Waals surface area contributed by atoms with Gasteiger partial charge in [0.05, 0.1) is 18.7 Å². The van der Waals surface area contributed by atoms with Gasteiger partial charge in [-0.2, -0.15) is 5.26 Å². The zero-order valence-corrected chi connectivity index (χ0v) is 11.0. The van der Waals surface area contributed by atoms with E-state index in [-0.39, 0.29) is 5.15 Å². The predicted octanol–water partition coefficient (Wildman–Crippen LogP) is 2.62. The van der Waals surface area contributed by atoms with Gasteiger partial charge in [0.15, 0.2) is 0 Å². The van der Waals surface area contributed by atoms with Crippen molar-refractivity contribution < 1.29 is 4.74 Å². The quantitative estimate of drug-likeness (QED) is 0.868. The van der Waals surface area contributed by atoms with Gasteiger partial charge in [0.1, 0.15) is 11.0 Å². The molecule has 0 saturated carbocycles. The van der Waals surface area contributed by atoms with Gasteiger partial charge in [0.25, 0.3) is 0 Å². The van der Waals surface area contributed by atoms with E-state index in [0.29, 0.717) is 23.8 Å². The maximum Gasteiger partial charge on any atom is 0.212 e. The van der Waals surface area contributed by atoms with E-state index in [0.717, 1.165) is 5.56 Å². The molecule has 0 radical (unpaired) electrons. The van der Waals surface area contributed by atoms with Crippen LogP contribution in [0, 0.1) is 11.3 Å². The summed E-state index contributed by atoms with van der Waals surface area (Å²) in [6.45, 7) is 0.537. The molecule has 19 heavy (non-hydrogen) atoms. The van der Waals surface area contributed by atoms with Crippen molar-refractivity contribution in [3.05, 3.63) is 46.7 Å². The van der Waals surface area contributed by atoms with E-state index < -0.39 is 0 Å². The molecule has 0 spiro atoms. The molecular weight excluding hydrogens is 264 g/mol. The first-order chi connectivity index (χ1) is 9.21. The van der Waals surface area contributed by atoms with Crippen molar-refractivity contribution in [3.8, 4) is 11.9 Å². The molecule has 0 atom stereocenters. The monoisotopic (exact) mass is 274 g/mol. The van der Waals surface area contributed by atoms with E-state index in [1.807, 2.05) is 12.1 Å². The van der Waals surface area contributed by atoms with Gasteiger partial charge in [-0.3, -0.25) is 0 Å². The highest BCUT2D eigenvalue weighted by atomic mass is 35.5. The van der Waals surface area contributed by atoms with Gasteiger partial charge in [0, 0.05) is 18.8 Å². The SMILES string of the molecule is COc1ccc(CNc2cc(C#N)cc(Cl)n2)cn1. The van der Waals surface area contributed by atoms with Gasteiger partial charge < -0.3 is 10.1 Å². The molecule has 0 bridgehead atoms. The maximum absolute atomic E-state index is 8.84. The topological polar surface area (TPSA) is 70.8 Å². The molecule has 0 fully saturated rings. The summed E-state index contributed by atoms with van der Waals surface area (Å²) < 4.78 is 4.98. The number of rotatable bonds is 4. The zero-order valence-electron chi connectivity index (χ0n) is 10.2. The molecule has 2 aromatic heterocycles. The molecule has 2 heterocycles. The van der Waals surface area contributed by atoms with E-state index in [9.17, 15) is 0 Å². The Balaban J connectivity index is 2.05. The van der Waals surface area contributed by atoms with Gasteiger partial charge in [0.2, 0.25) is 5.88 Å². The number of aromatic nitrogens is 2. The van der Waals surface area contributed by atoms with Crippen LogP contribution in [0.15, 0.2) is 30.5 Å². The summed E-state index contributed by atoms with van der Waals surface area (Å²) in [5.74, 6) is 1.12. The van der Waals surface area contributed by atoms with Gasteiger partial charge in [-0.1, -0.05) is 17.7 Å². The summed E-state index contributed by atoms with van der Waals surface area (Å²) in [5, 5.41) is 12.2. The lowest BCUT2D eigenvalue weighted by Crippen LogP contribution is -2.02. The second-order valence-electron chi connectivity index (χ2n) is 3.74. The van der Waals surface area contributed by atoms with Gasteiger partial charge in [-0.15, -0.1) is 0 Å². The molecule has 96 valence electrons. The average molecular weight is 275 g/mol. The lowest BCUT2D eigenvalue weighted by Gasteiger charge is -2.06. The highest BCUT2D eigenvalue weighted by Crippen LogP contribution is 2.15. The number of halogens is 1. The number of methoxy groups -OCH3 is 1. The van der Waals surface area contributed by atoms with E-state index in [1.54, 1.807) is 25.4 Å². The third-order valence-corrected chi connectivity index (χ3v) is 2.60. The summed E-state index contributed by atoms with van der Waals surface area (Å²) in [4.78, 5) is 8.19. The maximum atomic E-state index is 8.84. The van der Waals surface area contributed by atoms with Crippen molar-refractivity contribution in [1.82, 2.24) is 9.97 Å². The minimum Gasteiger partial charge on any atom is -0.481 e. The molecule has 0 saturated heterocycles. The number of nitrogens with zero attached hydrogens (tertiary/aromatic N) is 3. The zero-order chi connectivity index (χ0) is 13.7. The van der Waals surface area contributed by atoms with Gasteiger partial charge in [-0.05, 0) is 17.7 Å². The molecular formula is C13H11ClN4O.